The van der Waals surface area contributed by atoms with Gasteiger partial charge in [-0.25, -0.2) is 0 Å². The number of rotatable bonds is 2. The van der Waals surface area contributed by atoms with Crippen LogP contribution in [-0.4, -0.2) is 20.0 Å². The Morgan fingerprint density at radius 3 is 2.58 bits per heavy atom. The zero-order valence-corrected chi connectivity index (χ0v) is 12.5. The van der Waals surface area contributed by atoms with Gasteiger partial charge in [-0.15, -0.1) is 0 Å². The second-order valence-corrected chi connectivity index (χ2v) is 7.32. The van der Waals surface area contributed by atoms with Gasteiger partial charge in [0.1, 0.15) is 21.8 Å². The monoisotopic (exact) mass is 274 g/mol. The number of hydrogen-bond acceptors (Lipinski definition) is 3. The van der Waals surface area contributed by atoms with Crippen molar-refractivity contribution in [1.82, 2.24) is 4.98 Å². The van der Waals surface area contributed by atoms with E-state index in [0.717, 1.165) is 16.5 Å². The fourth-order valence-corrected chi connectivity index (χ4v) is 2.32. The van der Waals surface area contributed by atoms with Crippen LogP contribution in [0.1, 0.15) is 33.4 Å². The van der Waals surface area contributed by atoms with Gasteiger partial charge >= 0.3 is 0 Å². The van der Waals surface area contributed by atoms with Crippen molar-refractivity contribution in [2.75, 3.05) is 0 Å². The van der Waals surface area contributed by atoms with Gasteiger partial charge in [0.2, 0.25) is 0 Å². The standard InChI is InChI=1S/C15H18N2OS/c1-11(17-19(18)15(2,3)4)14-13-8-6-5-7-12(13)9-10-16-14/h5-10H,1-4H3/t19-/m1/s1. The minimum atomic E-state index is -1.26. The third-order valence-corrected chi connectivity index (χ3v) is 4.25. The molecule has 0 fully saturated rings. The largest absolute Gasteiger partial charge is 0.591 e. The van der Waals surface area contributed by atoms with Crippen LogP contribution >= 0.6 is 0 Å². The van der Waals surface area contributed by atoms with Gasteiger partial charge in [0, 0.05) is 11.6 Å². The summed E-state index contributed by atoms with van der Waals surface area (Å²) in [4.78, 5) is 4.38. The Morgan fingerprint density at radius 2 is 1.89 bits per heavy atom. The highest BCUT2D eigenvalue weighted by atomic mass is 32.2. The molecule has 4 heteroatoms. The van der Waals surface area contributed by atoms with Crippen LogP contribution in [0.15, 0.2) is 40.9 Å². The van der Waals surface area contributed by atoms with Crippen molar-refractivity contribution in [3.8, 4) is 0 Å². The summed E-state index contributed by atoms with van der Waals surface area (Å²) in [6.45, 7) is 7.60. The molecule has 0 N–H and O–H groups in total. The fourth-order valence-electron chi connectivity index (χ4n) is 1.71. The van der Waals surface area contributed by atoms with Gasteiger partial charge in [0.25, 0.3) is 0 Å². The molecule has 1 heterocycles. The smallest absolute Gasteiger partial charge is 0.144 e. The summed E-state index contributed by atoms with van der Waals surface area (Å²) >= 11 is -1.26. The van der Waals surface area contributed by atoms with E-state index in [9.17, 15) is 4.55 Å². The number of pyridine rings is 1. The van der Waals surface area contributed by atoms with E-state index in [0.29, 0.717) is 5.71 Å². The normalized spacial score (nSPS) is 14.7. The molecular weight excluding hydrogens is 256 g/mol. The van der Waals surface area contributed by atoms with Gasteiger partial charge < -0.3 is 4.55 Å². The predicted molar refractivity (Wildman–Crippen MR) is 81.8 cm³/mol. The highest BCUT2D eigenvalue weighted by Crippen LogP contribution is 2.21. The van der Waals surface area contributed by atoms with E-state index >= 15 is 0 Å². The lowest BCUT2D eigenvalue weighted by Gasteiger charge is -2.18. The minimum absolute atomic E-state index is 0.355. The topological polar surface area (TPSA) is 48.3 Å². The Hall–Kier alpha value is -1.39. The maximum atomic E-state index is 12.1. The molecule has 2 aromatic rings. The zero-order valence-electron chi connectivity index (χ0n) is 11.7. The molecule has 0 bridgehead atoms. The van der Waals surface area contributed by atoms with Crippen LogP contribution in [-0.2, 0) is 11.4 Å². The molecule has 0 saturated carbocycles. The highest BCUT2D eigenvalue weighted by molar-refractivity contribution is 7.91. The van der Waals surface area contributed by atoms with E-state index in [2.05, 4.69) is 9.38 Å². The first-order chi connectivity index (χ1) is 8.89. The molecule has 1 aromatic heterocycles. The number of benzene rings is 1. The highest BCUT2D eigenvalue weighted by Gasteiger charge is 2.27. The molecule has 0 aliphatic rings. The number of hydrogen-bond donors (Lipinski definition) is 0. The summed E-state index contributed by atoms with van der Waals surface area (Å²) in [5, 5.41) is 2.15. The zero-order chi connectivity index (χ0) is 14.0. The van der Waals surface area contributed by atoms with E-state index < -0.39 is 11.4 Å². The van der Waals surface area contributed by atoms with Crippen LogP contribution in [0.5, 0.6) is 0 Å². The Balaban J connectivity index is 2.47. The molecule has 100 valence electrons. The van der Waals surface area contributed by atoms with Gasteiger partial charge in [0.05, 0.1) is 5.69 Å². The van der Waals surface area contributed by atoms with Crippen LogP contribution in [0.4, 0.5) is 0 Å². The molecular formula is C15H18N2OS. The average molecular weight is 274 g/mol. The van der Waals surface area contributed by atoms with Crippen LogP contribution in [0.25, 0.3) is 10.8 Å². The maximum Gasteiger partial charge on any atom is 0.144 e. The molecule has 19 heavy (non-hydrogen) atoms. The molecule has 0 radical (unpaired) electrons. The van der Waals surface area contributed by atoms with Crippen molar-refractivity contribution in [2.45, 2.75) is 32.4 Å². The summed E-state index contributed by atoms with van der Waals surface area (Å²) < 4.78 is 16.0. The lowest BCUT2D eigenvalue weighted by Crippen LogP contribution is -2.26. The van der Waals surface area contributed by atoms with Crippen LogP contribution in [0, 0.1) is 0 Å². The average Bonchev–Trinajstić information content (AvgIpc) is 2.36. The van der Waals surface area contributed by atoms with Crippen molar-refractivity contribution in [3.05, 3.63) is 42.2 Å². The Labute approximate surface area is 117 Å². The first-order valence-electron chi connectivity index (χ1n) is 6.21. The lowest BCUT2D eigenvalue weighted by atomic mass is 10.1. The van der Waals surface area contributed by atoms with E-state index in [1.807, 2.05) is 58.0 Å². The van der Waals surface area contributed by atoms with Crippen molar-refractivity contribution in [2.24, 2.45) is 4.40 Å². The summed E-state index contributed by atoms with van der Waals surface area (Å²) in [5.74, 6) is 0. The number of nitrogens with zero attached hydrogens (tertiary/aromatic N) is 2. The van der Waals surface area contributed by atoms with Crippen molar-refractivity contribution >= 4 is 27.8 Å². The van der Waals surface area contributed by atoms with Gasteiger partial charge in [-0.1, -0.05) is 28.7 Å². The molecule has 1 aromatic carbocycles. The third kappa shape index (κ3) is 3.14. The van der Waals surface area contributed by atoms with E-state index in [-0.39, 0.29) is 4.75 Å². The molecule has 1 atom stereocenters. The van der Waals surface area contributed by atoms with Gasteiger partial charge in [0.15, 0.2) is 0 Å². The van der Waals surface area contributed by atoms with Gasteiger partial charge in [-0.3, -0.25) is 4.98 Å². The summed E-state index contributed by atoms with van der Waals surface area (Å²) in [5.41, 5.74) is 1.51. The molecule has 0 saturated heterocycles. The predicted octanol–water partition coefficient (Wildman–Crippen LogP) is 3.51. The van der Waals surface area contributed by atoms with Gasteiger partial charge in [-0.2, -0.15) is 0 Å². The summed E-state index contributed by atoms with van der Waals surface area (Å²) in [6, 6.07) is 9.98. The molecule has 3 nitrogen and oxygen atoms in total. The molecule has 0 amide bonds. The Kier molecular flexibility index (Phi) is 3.92. The van der Waals surface area contributed by atoms with Crippen molar-refractivity contribution < 1.29 is 4.55 Å². The lowest BCUT2D eigenvalue weighted by molar-refractivity contribution is 0.561. The van der Waals surface area contributed by atoms with E-state index in [1.165, 1.54) is 0 Å². The van der Waals surface area contributed by atoms with Crippen molar-refractivity contribution in [1.29, 1.82) is 0 Å². The van der Waals surface area contributed by atoms with Crippen LogP contribution in [0.2, 0.25) is 0 Å². The van der Waals surface area contributed by atoms with E-state index in [1.54, 1.807) is 6.20 Å². The maximum absolute atomic E-state index is 12.1. The first-order valence-corrected chi connectivity index (χ1v) is 7.31. The fraction of sp³-hybridized carbons (Fsp3) is 0.333. The third-order valence-electron chi connectivity index (χ3n) is 2.76. The first kappa shape index (κ1) is 14.0. The molecule has 0 aliphatic heterocycles. The van der Waals surface area contributed by atoms with Crippen LogP contribution in [0.3, 0.4) is 0 Å². The number of fused-ring (bicyclic) bond motifs is 1. The Bertz CT molecular complexity index is 612. The minimum Gasteiger partial charge on any atom is -0.591 e. The summed E-state index contributed by atoms with van der Waals surface area (Å²) in [7, 11) is 0. The van der Waals surface area contributed by atoms with Crippen LogP contribution < -0.4 is 0 Å². The van der Waals surface area contributed by atoms with E-state index in [4.69, 9.17) is 0 Å². The number of aromatic nitrogens is 1. The summed E-state index contributed by atoms with van der Waals surface area (Å²) in [6.07, 6.45) is 1.76. The molecule has 2 rings (SSSR count). The quantitative estimate of drug-likeness (QED) is 0.621. The molecule has 0 spiro atoms. The molecule has 0 unspecified atom stereocenters. The second-order valence-electron chi connectivity index (χ2n) is 5.42. The Morgan fingerprint density at radius 1 is 1.21 bits per heavy atom. The van der Waals surface area contributed by atoms with Crippen molar-refractivity contribution in [3.63, 3.8) is 0 Å². The molecule has 0 aliphatic carbocycles. The van der Waals surface area contributed by atoms with Gasteiger partial charge in [-0.05, 0) is 39.1 Å². The SMILES string of the molecule is CC(=N[S@+]([O-])C(C)(C)C)c1nccc2ccccc12. The second kappa shape index (κ2) is 5.31.